The molecular weight excluding hydrogens is 334 g/mol. The van der Waals surface area contributed by atoms with Gasteiger partial charge in [0.1, 0.15) is 18.5 Å². The van der Waals surface area contributed by atoms with Crippen molar-refractivity contribution in [2.75, 3.05) is 26.2 Å². The molecule has 1 aromatic carbocycles. The number of likely N-dealkylation sites (tertiary alicyclic amines) is 1. The van der Waals surface area contributed by atoms with Gasteiger partial charge in [0.2, 0.25) is 0 Å². The normalized spacial score (nSPS) is 17.7. The van der Waals surface area contributed by atoms with Crippen LogP contribution in [0.1, 0.15) is 84.8 Å². The van der Waals surface area contributed by atoms with E-state index in [2.05, 4.69) is 64.6 Å². The van der Waals surface area contributed by atoms with Crippen LogP contribution in [0.25, 0.3) is 0 Å². The van der Waals surface area contributed by atoms with E-state index in [-0.39, 0.29) is 10.8 Å². The SMILES string of the molecule is CCC(C)(C)c1ccc(OC[C@@H](O)CN2CCCCC2)c(C(C)(C)CC)c1. The van der Waals surface area contributed by atoms with Gasteiger partial charge in [0.25, 0.3) is 0 Å². The monoisotopic (exact) mass is 375 g/mol. The summed E-state index contributed by atoms with van der Waals surface area (Å²) in [6, 6.07) is 6.65. The number of hydrogen-bond acceptors (Lipinski definition) is 3. The number of ether oxygens (including phenoxy) is 1. The highest BCUT2D eigenvalue weighted by molar-refractivity contribution is 5.44. The van der Waals surface area contributed by atoms with Crippen molar-refractivity contribution in [1.29, 1.82) is 0 Å². The third-order valence-electron chi connectivity index (χ3n) is 6.61. The third-order valence-corrected chi connectivity index (χ3v) is 6.61. The van der Waals surface area contributed by atoms with Crippen molar-refractivity contribution in [3.63, 3.8) is 0 Å². The summed E-state index contributed by atoms with van der Waals surface area (Å²) in [5.41, 5.74) is 2.83. The second-order valence-corrected chi connectivity index (χ2v) is 9.51. The molecule has 154 valence electrons. The number of benzene rings is 1. The first kappa shape index (κ1) is 22.2. The Morgan fingerprint density at radius 3 is 2.22 bits per heavy atom. The van der Waals surface area contributed by atoms with Gasteiger partial charge in [-0.15, -0.1) is 0 Å². The molecular formula is C24H41NO2. The number of aliphatic hydroxyl groups excluding tert-OH is 1. The van der Waals surface area contributed by atoms with E-state index in [0.29, 0.717) is 13.2 Å². The molecule has 1 N–H and O–H groups in total. The molecule has 0 amide bonds. The highest BCUT2D eigenvalue weighted by Gasteiger charge is 2.27. The highest BCUT2D eigenvalue weighted by Crippen LogP contribution is 2.38. The standard InChI is InChI=1S/C24H41NO2/c1-7-23(3,4)19-12-13-22(21(16-19)24(5,6)8-2)27-18-20(26)17-25-14-10-9-11-15-25/h12-13,16,20,26H,7-11,14-15,17-18H2,1-6H3/t20-/m0/s1. The molecule has 3 heteroatoms. The van der Waals surface area contributed by atoms with Gasteiger partial charge in [-0.1, -0.05) is 60.1 Å². The second-order valence-electron chi connectivity index (χ2n) is 9.51. The molecule has 1 fully saturated rings. The van der Waals surface area contributed by atoms with Gasteiger partial charge in [-0.25, -0.2) is 0 Å². The summed E-state index contributed by atoms with van der Waals surface area (Å²) in [5, 5.41) is 10.5. The van der Waals surface area contributed by atoms with E-state index in [0.717, 1.165) is 31.7 Å². The number of β-amino-alcohol motifs (C(OH)–C–C–N with tert-alkyl or cyclic N) is 1. The lowest BCUT2D eigenvalue weighted by Crippen LogP contribution is -2.38. The number of rotatable bonds is 9. The van der Waals surface area contributed by atoms with Crippen LogP contribution in [0, 0.1) is 0 Å². The van der Waals surface area contributed by atoms with Gasteiger partial charge < -0.3 is 14.7 Å². The van der Waals surface area contributed by atoms with E-state index in [1.165, 1.54) is 30.4 Å². The van der Waals surface area contributed by atoms with Crippen molar-refractivity contribution in [2.24, 2.45) is 0 Å². The number of nitrogens with zero attached hydrogens (tertiary/aromatic N) is 1. The summed E-state index contributed by atoms with van der Waals surface area (Å²) in [5.74, 6) is 0.926. The summed E-state index contributed by atoms with van der Waals surface area (Å²) in [4.78, 5) is 2.36. The minimum Gasteiger partial charge on any atom is -0.491 e. The largest absolute Gasteiger partial charge is 0.491 e. The molecule has 1 aliphatic heterocycles. The topological polar surface area (TPSA) is 32.7 Å². The van der Waals surface area contributed by atoms with Crippen LogP contribution in [0.2, 0.25) is 0 Å². The summed E-state index contributed by atoms with van der Waals surface area (Å²) in [7, 11) is 0. The molecule has 3 nitrogen and oxygen atoms in total. The Bertz CT molecular complexity index is 588. The molecule has 0 aromatic heterocycles. The predicted octanol–water partition coefficient (Wildman–Crippen LogP) is 5.29. The molecule has 1 aromatic rings. The second kappa shape index (κ2) is 9.43. The van der Waals surface area contributed by atoms with Gasteiger partial charge >= 0.3 is 0 Å². The number of hydrogen-bond donors (Lipinski definition) is 1. The maximum absolute atomic E-state index is 10.5. The van der Waals surface area contributed by atoms with Crippen molar-refractivity contribution < 1.29 is 9.84 Å². The zero-order valence-corrected chi connectivity index (χ0v) is 18.5. The lowest BCUT2D eigenvalue weighted by molar-refractivity contribution is 0.0610. The molecule has 0 unspecified atom stereocenters. The summed E-state index contributed by atoms with van der Waals surface area (Å²) < 4.78 is 6.15. The Morgan fingerprint density at radius 2 is 1.63 bits per heavy atom. The Balaban J connectivity index is 2.12. The molecule has 0 bridgehead atoms. The van der Waals surface area contributed by atoms with E-state index >= 15 is 0 Å². The Labute approximate surface area is 167 Å². The maximum atomic E-state index is 10.5. The van der Waals surface area contributed by atoms with Crippen LogP contribution in [-0.2, 0) is 10.8 Å². The zero-order chi connectivity index (χ0) is 20.1. The van der Waals surface area contributed by atoms with Gasteiger partial charge in [0, 0.05) is 12.1 Å². The first-order valence-corrected chi connectivity index (χ1v) is 10.9. The lowest BCUT2D eigenvalue weighted by Gasteiger charge is -2.31. The molecule has 0 saturated carbocycles. The van der Waals surface area contributed by atoms with Gasteiger partial charge in [0.05, 0.1) is 0 Å². The van der Waals surface area contributed by atoms with Crippen LogP contribution in [0.15, 0.2) is 18.2 Å². The van der Waals surface area contributed by atoms with Crippen molar-refractivity contribution >= 4 is 0 Å². The summed E-state index contributed by atoms with van der Waals surface area (Å²) in [6.45, 7) is 16.9. The first-order chi connectivity index (χ1) is 12.7. The fourth-order valence-corrected chi connectivity index (χ4v) is 3.68. The van der Waals surface area contributed by atoms with Crippen LogP contribution in [0.3, 0.4) is 0 Å². The quantitative estimate of drug-likeness (QED) is 0.637. The number of aliphatic hydroxyl groups is 1. The molecule has 1 saturated heterocycles. The van der Waals surface area contributed by atoms with Gasteiger partial charge in [0.15, 0.2) is 0 Å². The summed E-state index contributed by atoms with van der Waals surface area (Å²) >= 11 is 0. The molecule has 2 rings (SSSR count). The van der Waals surface area contributed by atoms with E-state index in [4.69, 9.17) is 4.74 Å². The van der Waals surface area contributed by atoms with Crippen LogP contribution in [0.5, 0.6) is 5.75 Å². The van der Waals surface area contributed by atoms with Crippen LogP contribution < -0.4 is 4.74 Å². The highest BCUT2D eigenvalue weighted by atomic mass is 16.5. The fraction of sp³-hybridized carbons (Fsp3) is 0.750. The lowest BCUT2D eigenvalue weighted by atomic mass is 9.76. The molecule has 1 aliphatic rings. The smallest absolute Gasteiger partial charge is 0.123 e. The minimum absolute atomic E-state index is 0.0486. The van der Waals surface area contributed by atoms with Crippen LogP contribution in [0.4, 0.5) is 0 Å². The molecule has 0 spiro atoms. The van der Waals surface area contributed by atoms with E-state index in [1.54, 1.807) is 0 Å². The van der Waals surface area contributed by atoms with Crippen molar-refractivity contribution in [3.8, 4) is 5.75 Å². The van der Waals surface area contributed by atoms with E-state index in [1.807, 2.05) is 0 Å². The van der Waals surface area contributed by atoms with Crippen molar-refractivity contribution in [3.05, 3.63) is 29.3 Å². The van der Waals surface area contributed by atoms with Gasteiger partial charge in [-0.05, 0) is 61.2 Å². The third kappa shape index (κ3) is 5.96. The Kier molecular flexibility index (Phi) is 7.76. The molecule has 1 atom stereocenters. The average Bonchev–Trinajstić information content (AvgIpc) is 2.67. The van der Waals surface area contributed by atoms with Crippen molar-refractivity contribution in [1.82, 2.24) is 4.90 Å². The molecule has 0 aliphatic carbocycles. The van der Waals surface area contributed by atoms with E-state index in [9.17, 15) is 5.11 Å². The number of piperidine rings is 1. The first-order valence-electron chi connectivity index (χ1n) is 10.9. The Hall–Kier alpha value is -1.06. The fourth-order valence-electron chi connectivity index (χ4n) is 3.68. The molecule has 0 radical (unpaired) electrons. The van der Waals surface area contributed by atoms with Gasteiger partial charge in [-0.2, -0.15) is 0 Å². The van der Waals surface area contributed by atoms with Crippen LogP contribution >= 0.6 is 0 Å². The predicted molar refractivity (Wildman–Crippen MR) is 115 cm³/mol. The summed E-state index contributed by atoms with van der Waals surface area (Å²) in [6.07, 6.45) is 5.53. The zero-order valence-electron chi connectivity index (χ0n) is 18.5. The van der Waals surface area contributed by atoms with Gasteiger partial charge in [-0.3, -0.25) is 0 Å². The Morgan fingerprint density at radius 1 is 1.00 bits per heavy atom. The molecule has 27 heavy (non-hydrogen) atoms. The van der Waals surface area contributed by atoms with Crippen molar-refractivity contribution in [2.45, 2.75) is 90.6 Å². The maximum Gasteiger partial charge on any atom is 0.123 e. The average molecular weight is 376 g/mol. The van der Waals surface area contributed by atoms with Crippen LogP contribution in [-0.4, -0.2) is 42.4 Å². The minimum atomic E-state index is -0.438. The van der Waals surface area contributed by atoms with E-state index < -0.39 is 6.10 Å². The molecule has 1 heterocycles.